The monoisotopic (exact) mass is 1680 g/mol. The summed E-state index contributed by atoms with van der Waals surface area (Å²) in [4.78, 5) is 15.8. The van der Waals surface area contributed by atoms with Crippen molar-refractivity contribution in [3.63, 3.8) is 0 Å². The third-order valence-corrected chi connectivity index (χ3v) is 26.1. The van der Waals surface area contributed by atoms with Gasteiger partial charge in [-0.3, -0.25) is 9.13 Å². The van der Waals surface area contributed by atoms with E-state index in [1.807, 2.05) is 12.1 Å². The van der Waals surface area contributed by atoms with Gasteiger partial charge in [-0.1, -0.05) is 364 Å². The highest BCUT2D eigenvalue weighted by Crippen LogP contribution is 2.48. The van der Waals surface area contributed by atoms with E-state index in [4.69, 9.17) is 15.0 Å². The Morgan fingerprint density at radius 2 is 0.394 bits per heavy atom. The van der Waals surface area contributed by atoms with Crippen LogP contribution in [-0.2, 0) is 0 Å². The van der Waals surface area contributed by atoms with Crippen molar-refractivity contribution in [2.24, 2.45) is 0 Å². The molecular formula is C123H81N9. The second-order valence-corrected chi connectivity index (χ2v) is 33.7. The molecule has 0 radical (unpaired) electrons. The zero-order valence-electron chi connectivity index (χ0n) is 71.8. The van der Waals surface area contributed by atoms with Crippen molar-refractivity contribution in [1.29, 1.82) is 0 Å². The van der Waals surface area contributed by atoms with Crippen molar-refractivity contribution >= 4 is 131 Å². The molecule has 0 amide bonds. The van der Waals surface area contributed by atoms with Gasteiger partial charge in [-0.05, 0) is 161 Å². The molecule has 0 N–H and O–H groups in total. The molecule has 0 aliphatic carbocycles. The number of hydrogen-bond donors (Lipinski definition) is 0. The van der Waals surface area contributed by atoms with Gasteiger partial charge in [-0.15, -0.1) is 0 Å². The molecule has 0 bridgehead atoms. The number of benzene rings is 19. The lowest BCUT2D eigenvalue weighted by Crippen LogP contribution is -2.04. The zero-order chi connectivity index (χ0) is 87.1. The lowest BCUT2D eigenvalue weighted by atomic mass is 9.98. The lowest BCUT2D eigenvalue weighted by molar-refractivity contribution is 0.996. The minimum Gasteiger partial charge on any atom is -0.309 e. The second-order valence-electron chi connectivity index (χ2n) is 33.7. The maximum absolute atomic E-state index is 5.33. The van der Waals surface area contributed by atoms with E-state index in [2.05, 4.69) is 507 Å². The van der Waals surface area contributed by atoms with E-state index in [1.165, 1.54) is 142 Å². The number of fused-ring (bicyclic) bond motifs is 21. The summed E-state index contributed by atoms with van der Waals surface area (Å²) >= 11 is 0. The molecule has 0 saturated heterocycles. The SMILES string of the molecule is c1ccc(-c2cc(-c3ccccc3)cc(-n3c4ccccc4c4c3ccc3c5ccccc5n(-c5ccccc5)c34)c2)cc1.c1ccc(-c2cc(-c3ccccc3)nc(-n3c4ccccc4c4c3ccc3c5ccccc5n(-c5ccccc5)c34)c2)cc1.c1ccc(-c2cc(-c3ccccc3)nc(-n3c4ccccc4c4c3ccc3c5ccccc5n(-c5ccccc5)c34)n2)cc1. The first kappa shape index (κ1) is 76.6. The Morgan fingerprint density at radius 1 is 0.136 bits per heavy atom. The van der Waals surface area contributed by atoms with Gasteiger partial charge in [0.2, 0.25) is 5.95 Å². The normalized spacial score (nSPS) is 11.6. The van der Waals surface area contributed by atoms with Crippen LogP contribution < -0.4 is 0 Å². The van der Waals surface area contributed by atoms with E-state index in [1.54, 1.807) is 0 Å². The lowest BCUT2D eigenvalue weighted by Gasteiger charge is -2.14. The van der Waals surface area contributed by atoms with Gasteiger partial charge < -0.3 is 18.3 Å². The van der Waals surface area contributed by atoms with E-state index < -0.39 is 0 Å². The average molecular weight is 1690 g/mol. The van der Waals surface area contributed by atoms with Gasteiger partial charge in [-0.25, -0.2) is 15.0 Å². The van der Waals surface area contributed by atoms with Crippen molar-refractivity contribution in [1.82, 2.24) is 42.4 Å². The van der Waals surface area contributed by atoms with Crippen LogP contribution in [-0.4, -0.2) is 42.4 Å². The molecule has 618 valence electrons. The van der Waals surface area contributed by atoms with Crippen molar-refractivity contribution in [3.8, 4) is 102 Å². The van der Waals surface area contributed by atoms with Gasteiger partial charge in [0.25, 0.3) is 0 Å². The zero-order valence-corrected chi connectivity index (χ0v) is 71.8. The van der Waals surface area contributed by atoms with Gasteiger partial charge >= 0.3 is 0 Å². The van der Waals surface area contributed by atoms with E-state index in [0.717, 1.165) is 84.3 Å². The van der Waals surface area contributed by atoms with Gasteiger partial charge in [0.1, 0.15) is 5.82 Å². The van der Waals surface area contributed by atoms with Crippen LogP contribution in [0.1, 0.15) is 0 Å². The van der Waals surface area contributed by atoms with Crippen molar-refractivity contribution < 1.29 is 0 Å². The Kier molecular flexibility index (Phi) is 18.7. The molecule has 9 heteroatoms. The molecule has 0 spiro atoms. The van der Waals surface area contributed by atoms with Crippen LogP contribution in [0, 0.1) is 0 Å². The van der Waals surface area contributed by atoms with Crippen LogP contribution in [0.4, 0.5) is 0 Å². The molecule has 0 atom stereocenters. The summed E-state index contributed by atoms with van der Waals surface area (Å²) in [6.07, 6.45) is 0. The summed E-state index contributed by atoms with van der Waals surface area (Å²) in [6, 6.07) is 175. The molecule has 8 heterocycles. The molecular weight excluding hydrogens is 1600 g/mol. The van der Waals surface area contributed by atoms with Gasteiger partial charge in [-0.2, -0.15) is 0 Å². The predicted octanol–water partition coefficient (Wildman–Crippen LogP) is 31.8. The van der Waals surface area contributed by atoms with Crippen molar-refractivity contribution in [2.75, 3.05) is 0 Å². The molecule has 0 aliphatic heterocycles. The predicted molar refractivity (Wildman–Crippen MR) is 551 cm³/mol. The van der Waals surface area contributed by atoms with E-state index >= 15 is 0 Å². The summed E-state index contributed by atoms with van der Waals surface area (Å²) in [6.45, 7) is 0. The Hall–Kier alpha value is -17.8. The van der Waals surface area contributed by atoms with Crippen LogP contribution in [0.5, 0.6) is 0 Å². The molecule has 0 fully saturated rings. The Morgan fingerprint density at radius 3 is 0.742 bits per heavy atom. The van der Waals surface area contributed by atoms with Crippen LogP contribution in [0.2, 0.25) is 0 Å². The topological polar surface area (TPSA) is 68.2 Å². The van der Waals surface area contributed by atoms with Crippen molar-refractivity contribution in [2.45, 2.75) is 0 Å². The maximum atomic E-state index is 5.33. The largest absolute Gasteiger partial charge is 0.309 e. The minimum absolute atomic E-state index is 0.651. The summed E-state index contributed by atoms with van der Waals surface area (Å²) in [5, 5.41) is 14.8. The van der Waals surface area contributed by atoms with E-state index in [-0.39, 0.29) is 0 Å². The number of rotatable bonds is 12. The number of para-hydroxylation sites is 9. The fraction of sp³-hybridized carbons (Fsp3) is 0. The van der Waals surface area contributed by atoms with Gasteiger partial charge in [0, 0.05) is 104 Å². The van der Waals surface area contributed by atoms with Crippen molar-refractivity contribution in [3.05, 3.63) is 491 Å². The minimum atomic E-state index is 0.651. The van der Waals surface area contributed by atoms with Crippen LogP contribution in [0.3, 0.4) is 0 Å². The molecule has 9 nitrogen and oxygen atoms in total. The number of aromatic nitrogens is 9. The molecule has 27 aromatic rings. The summed E-state index contributed by atoms with van der Waals surface area (Å²) in [7, 11) is 0. The standard InChI is InChI=1S/C42H28N2.C41H27N3.C40H26N4/c1-4-14-29(15-5-1)31-26-32(30-16-6-2-7-17-30)28-34(27-31)43-39-23-13-11-21-37(39)41-40(43)25-24-36-35-20-10-12-22-38(35)44(42(36)41)33-18-8-3-9-19-33;1-4-14-28(15-5-1)30-26-35(29-16-6-2-7-17-29)42-39(27-30)44-37-23-13-11-21-34(37)40-38(44)25-24-33-32-20-10-12-22-36(32)43(41(33)40)31-18-8-3-9-19-31;1-4-14-27(15-5-1)33-26-34(28-16-6-2-7-17-28)42-40(41-33)44-36-23-13-11-21-32(36)38-37(44)25-24-31-30-20-10-12-22-35(30)43(39(31)38)29-18-8-3-9-19-29/h1-28H;1-27H;1-26H. The summed E-state index contributed by atoms with van der Waals surface area (Å²) < 4.78 is 14.3. The molecule has 0 saturated carbocycles. The first-order chi connectivity index (χ1) is 65.5. The molecule has 0 aliphatic rings. The molecule has 19 aromatic carbocycles. The Bertz CT molecular complexity index is 8080. The van der Waals surface area contributed by atoms with Crippen LogP contribution in [0.15, 0.2) is 491 Å². The summed E-state index contributed by atoms with van der Waals surface area (Å²) in [5.41, 5.74) is 31.7. The van der Waals surface area contributed by atoms with Crippen LogP contribution >= 0.6 is 0 Å². The smallest absolute Gasteiger partial charge is 0.235 e. The fourth-order valence-electron chi connectivity index (χ4n) is 20.4. The molecule has 0 unspecified atom stereocenters. The first-order valence-electron chi connectivity index (χ1n) is 45.0. The Labute approximate surface area is 761 Å². The van der Waals surface area contributed by atoms with Gasteiger partial charge in [0.05, 0.1) is 83.3 Å². The average Bonchev–Trinajstić information content (AvgIpc) is 1.55. The third-order valence-electron chi connectivity index (χ3n) is 26.1. The highest BCUT2D eigenvalue weighted by molar-refractivity contribution is 6.29. The second kappa shape index (κ2) is 32.3. The Balaban J connectivity index is 0.000000106. The third kappa shape index (κ3) is 13.0. The van der Waals surface area contributed by atoms with Gasteiger partial charge in [0.15, 0.2) is 0 Å². The van der Waals surface area contributed by atoms with E-state index in [9.17, 15) is 0 Å². The quantitative estimate of drug-likeness (QED) is 0.122. The van der Waals surface area contributed by atoms with E-state index in [0.29, 0.717) is 5.95 Å². The highest BCUT2D eigenvalue weighted by atomic mass is 15.2. The fourth-order valence-corrected chi connectivity index (χ4v) is 20.4. The number of pyridine rings is 1. The van der Waals surface area contributed by atoms with Crippen LogP contribution in [0.25, 0.3) is 233 Å². The molecule has 27 rings (SSSR count). The highest BCUT2D eigenvalue weighted by Gasteiger charge is 2.27. The number of hydrogen-bond acceptors (Lipinski definition) is 3. The number of nitrogens with zero attached hydrogens (tertiary/aromatic N) is 9. The maximum Gasteiger partial charge on any atom is 0.235 e. The molecule has 132 heavy (non-hydrogen) atoms. The first-order valence-corrected chi connectivity index (χ1v) is 45.0. The summed E-state index contributed by atoms with van der Waals surface area (Å²) in [5.74, 6) is 1.55. The molecule has 8 aromatic heterocycles.